The second kappa shape index (κ2) is 5.20. The van der Waals surface area contributed by atoms with E-state index in [0.717, 1.165) is 15.9 Å². The van der Waals surface area contributed by atoms with E-state index in [1.54, 1.807) is 11.7 Å². The van der Waals surface area contributed by atoms with Gasteiger partial charge in [-0.25, -0.2) is 8.78 Å². The van der Waals surface area contributed by atoms with Crippen molar-refractivity contribution in [2.45, 2.75) is 19.4 Å². The first-order valence-corrected chi connectivity index (χ1v) is 5.54. The molecule has 0 aliphatic carbocycles. The first-order chi connectivity index (χ1) is 7.37. The van der Waals surface area contributed by atoms with Gasteiger partial charge in [-0.15, -0.1) is 0 Å². The van der Waals surface area contributed by atoms with Crippen molar-refractivity contribution in [2.24, 2.45) is 7.05 Å². The molecule has 4 nitrogen and oxygen atoms in total. The zero-order valence-corrected chi connectivity index (χ0v) is 10.7. The molecule has 16 heavy (non-hydrogen) atoms. The largest absolute Gasteiger partial charge is 0.390 e. The molecule has 0 saturated carbocycles. The number of aryl methyl sites for hydroxylation is 2. The summed E-state index contributed by atoms with van der Waals surface area (Å²) in [5.41, 5.74) is 1.61. The Bertz CT molecular complexity index is 368. The Morgan fingerprint density at radius 3 is 2.62 bits per heavy atom. The second-order valence-corrected chi connectivity index (χ2v) is 4.38. The standard InChI is InChI=1S/C9H14BrF2N3O/c1-6-8(10)7(15(2)14-6)3-13-4-9(11,12)5-16/h13,16H,3-5H2,1-2H3. The molecule has 0 atom stereocenters. The summed E-state index contributed by atoms with van der Waals surface area (Å²) in [6, 6.07) is 0. The first kappa shape index (κ1) is 13.5. The average molecular weight is 298 g/mol. The van der Waals surface area contributed by atoms with E-state index in [9.17, 15) is 8.78 Å². The van der Waals surface area contributed by atoms with Crippen molar-refractivity contribution in [3.63, 3.8) is 0 Å². The summed E-state index contributed by atoms with van der Waals surface area (Å²) in [5.74, 6) is -3.08. The monoisotopic (exact) mass is 297 g/mol. The molecule has 7 heteroatoms. The lowest BCUT2D eigenvalue weighted by Crippen LogP contribution is -2.35. The summed E-state index contributed by atoms with van der Waals surface area (Å²) in [6.07, 6.45) is 0. The Morgan fingerprint density at radius 2 is 2.19 bits per heavy atom. The predicted molar refractivity (Wildman–Crippen MR) is 59.4 cm³/mol. The average Bonchev–Trinajstić information content (AvgIpc) is 2.44. The molecule has 0 fully saturated rings. The predicted octanol–water partition coefficient (Wildman–Crippen LogP) is 1.21. The Labute approximate surface area is 101 Å². The molecule has 1 aromatic rings. The Balaban J connectivity index is 2.55. The van der Waals surface area contributed by atoms with Gasteiger partial charge in [0.1, 0.15) is 6.61 Å². The zero-order valence-electron chi connectivity index (χ0n) is 9.10. The number of aliphatic hydroxyl groups is 1. The number of nitrogens with zero attached hydrogens (tertiary/aromatic N) is 2. The maximum Gasteiger partial charge on any atom is 0.282 e. The van der Waals surface area contributed by atoms with Crippen LogP contribution in [-0.4, -0.2) is 34.0 Å². The highest BCUT2D eigenvalue weighted by Gasteiger charge is 2.27. The van der Waals surface area contributed by atoms with E-state index >= 15 is 0 Å². The van der Waals surface area contributed by atoms with Gasteiger partial charge in [-0.2, -0.15) is 5.10 Å². The van der Waals surface area contributed by atoms with Gasteiger partial charge in [-0.3, -0.25) is 4.68 Å². The van der Waals surface area contributed by atoms with E-state index in [4.69, 9.17) is 5.11 Å². The smallest absolute Gasteiger partial charge is 0.282 e. The lowest BCUT2D eigenvalue weighted by molar-refractivity contribution is -0.0478. The van der Waals surface area contributed by atoms with Crippen LogP contribution in [0.3, 0.4) is 0 Å². The third-order valence-electron chi connectivity index (χ3n) is 2.17. The number of hydrogen-bond donors (Lipinski definition) is 2. The molecule has 92 valence electrons. The third-order valence-corrected chi connectivity index (χ3v) is 3.20. The van der Waals surface area contributed by atoms with Crippen LogP contribution < -0.4 is 5.32 Å². The fourth-order valence-corrected chi connectivity index (χ4v) is 1.77. The summed E-state index contributed by atoms with van der Waals surface area (Å²) in [4.78, 5) is 0. The van der Waals surface area contributed by atoms with Gasteiger partial charge in [0, 0.05) is 13.6 Å². The number of rotatable bonds is 5. The number of aliphatic hydroxyl groups excluding tert-OH is 1. The van der Waals surface area contributed by atoms with Crippen molar-refractivity contribution in [1.29, 1.82) is 0 Å². The van der Waals surface area contributed by atoms with Gasteiger partial charge in [0.15, 0.2) is 0 Å². The van der Waals surface area contributed by atoms with Crippen molar-refractivity contribution in [3.05, 3.63) is 15.9 Å². The van der Waals surface area contributed by atoms with Gasteiger partial charge < -0.3 is 10.4 Å². The Morgan fingerprint density at radius 1 is 1.56 bits per heavy atom. The molecule has 2 N–H and O–H groups in total. The fraction of sp³-hybridized carbons (Fsp3) is 0.667. The molecule has 1 heterocycles. The molecule has 0 aliphatic rings. The quantitative estimate of drug-likeness (QED) is 0.859. The van der Waals surface area contributed by atoms with Gasteiger partial charge in [-0.1, -0.05) is 0 Å². The van der Waals surface area contributed by atoms with Crippen LogP contribution in [0.25, 0.3) is 0 Å². The van der Waals surface area contributed by atoms with E-state index in [0.29, 0.717) is 0 Å². The lowest BCUT2D eigenvalue weighted by atomic mass is 10.3. The Hall–Kier alpha value is -0.530. The van der Waals surface area contributed by atoms with Gasteiger partial charge in [0.05, 0.1) is 22.4 Å². The SMILES string of the molecule is Cc1nn(C)c(CNCC(F)(F)CO)c1Br. The van der Waals surface area contributed by atoms with Crippen LogP contribution in [0, 0.1) is 6.92 Å². The topological polar surface area (TPSA) is 50.1 Å². The highest BCUT2D eigenvalue weighted by molar-refractivity contribution is 9.10. The minimum atomic E-state index is -3.08. The molecule has 0 unspecified atom stereocenters. The van der Waals surface area contributed by atoms with E-state index in [2.05, 4.69) is 26.3 Å². The number of aromatic nitrogens is 2. The maximum absolute atomic E-state index is 12.7. The van der Waals surface area contributed by atoms with Crippen molar-refractivity contribution >= 4 is 15.9 Å². The van der Waals surface area contributed by atoms with Crippen LogP contribution in [0.4, 0.5) is 8.78 Å². The molecule has 1 aromatic heterocycles. The van der Waals surface area contributed by atoms with Crippen LogP contribution in [0.15, 0.2) is 4.47 Å². The molecule has 0 aliphatic heterocycles. The summed E-state index contributed by atoms with van der Waals surface area (Å²) < 4.78 is 27.9. The number of hydrogen-bond acceptors (Lipinski definition) is 3. The molecule has 0 bridgehead atoms. The summed E-state index contributed by atoms with van der Waals surface area (Å²) in [7, 11) is 1.75. The van der Waals surface area contributed by atoms with Crippen LogP contribution in [0.2, 0.25) is 0 Å². The molecular weight excluding hydrogens is 284 g/mol. The van der Waals surface area contributed by atoms with Crippen LogP contribution in [0.5, 0.6) is 0 Å². The highest BCUT2D eigenvalue weighted by atomic mass is 79.9. The first-order valence-electron chi connectivity index (χ1n) is 4.75. The lowest BCUT2D eigenvalue weighted by Gasteiger charge is -2.14. The normalized spacial score (nSPS) is 12.1. The van der Waals surface area contributed by atoms with Crippen molar-refractivity contribution in [2.75, 3.05) is 13.2 Å². The van der Waals surface area contributed by atoms with Crippen LogP contribution in [-0.2, 0) is 13.6 Å². The van der Waals surface area contributed by atoms with Crippen molar-refractivity contribution < 1.29 is 13.9 Å². The van der Waals surface area contributed by atoms with Crippen molar-refractivity contribution in [1.82, 2.24) is 15.1 Å². The maximum atomic E-state index is 12.7. The molecule has 0 saturated heterocycles. The summed E-state index contributed by atoms with van der Waals surface area (Å²) in [6.45, 7) is 0.398. The van der Waals surface area contributed by atoms with Crippen LogP contribution >= 0.6 is 15.9 Å². The fourth-order valence-electron chi connectivity index (χ4n) is 1.29. The van der Waals surface area contributed by atoms with E-state index in [1.807, 2.05) is 6.92 Å². The number of halogens is 3. The Kier molecular flexibility index (Phi) is 4.40. The molecule has 0 aromatic carbocycles. The molecular formula is C9H14BrF2N3O. The molecule has 1 rings (SSSR count). The van der Waals surface area contributed by atoms with E-state index < -0.39 is 19.1 Å². The molecule has 0 spiro atoms. The number of alkyl halides is 2. The third kappa shape index (κ3) is 3.23. The zero-order chi connectivity index (χ0) is 12.3. The molecule has 0 radical (unpaired) electrons. The van der Waals surface area contributed by atoms with Gasteiger partial charge in [0.2, 0.25) is 0 Å². The van der Waals surface area contributed by atoms with Crippen LogP contribution in [0.1, 0.15) is 11.4 Å². The van der Waals surface area contributed by atoms with Gasteiger partial charge in [0.25, 0.3) is 5.92 Å². The van der Waals surface area contributed by atoms with Gasteiger partial charge in [-0.05, 0) is 22.9 Å². The second-order valence-electron chi connectivity index (χ2n) is 3.59. The summed E-state index contributed by atoms with van der Waals surface area (Å²) >= 11 is 3.34. The van der Waals surface area contributed by atoms with Crippen molar-refractivity contribution in [3.8, 4) is 0 Å². The van der Waals surface area contributed by atoms with E-state index in [-0.39, 0.29) is 6.54 Å². The summed E-state index contributed by atoms with van der Waals surface area (Å²) in [5, 5.41) is 15.1. The minimum Gasteiger partial charge on any atom is -0.390 e. The van der Waals surface area contributed by atoms with Gasteiger partial charge >= 0.3 is 0 Å². The number of nitrogens with one attached hydrogen (secondary N) is 1. The molecule has 0 amide bonds. The minimum absolute atomic E-state index is 0.271. The highest BCUT2D eigenvalue weighted by Crippen LogP contribution is 2.20. The van der Waals surface area contributed by atoms with E-state index in [1.165, 1.54) is 0 Å².